The maximum atomic E-state index is 11.3. The molecule has 6 heteroatoms. The molecule has 0 unspecified atom stereocenters. The maximum Gasteiger partial charge on any atom is 0.390 e. The second-order valence-electron chi connectivity index (χ2n) is 2.69. The van der Waals surface area contributed by atoms with Gasteiger partial charge in [0.1, 0.15) is 0 Å². The van der Waals surface area contributed by atoms with Crippen molar-refractivity contribution in [1.82, 2.24) is 0 Å². The standard InChI is InChI=1S/C9H9O5P/c1-7(15(11,12)13)14-9(10)8-5-3-2-4-6-8/h2-6H,1H2,(H2,11,12,13). The largest absolute Gasteiger partial charge is 0.415 e. The molecule has 1 aromatic carbocycles. The van der Waals surface area contributed by atoms with E-state index in [9.17, 15) is 9.36 Å². The molecule has 0 saturated carbocycles. The number of rotatable bonds is 3. The molecule has 0 amide bonds. The molecule has 0 atom stereocenters. The summed E-state index contributed by atoms with van der Waals surface area (Å²) in [5.74, 6) is -0.844. The van der Waals surface area contributed by atoms with Crippen LogP contribution in [0.25, 0.3) is 0 Å². The fourth-order valence-electron chi connectivity index (χ4n) is 0.800. The van der Waals surface area contributed by atoms with Crippen LogP contribution in [0.3, 0.4) is 0 Å². The van der Waals surface area contributed by atoms with Crippen molar-refractivity contribution in [3.8, 4) is 0 Å². The first-order chi connectivity index (χ1) is 6.91. The highest BCUT2D eigenvalue weighted by atomic mass is 31.2. The second kappa shape index (κ2) is 4.40. The molecule has 2 N–H and O–H groups in total. The monoisotopic (exact) mass is 228 g/mol. The van der Waals surface area contributed by atoms with Crippen LogP contribution < -0.4 is 0 Å². The third kappa shape index (κ3) is 3.32. The zero-order valence-electron chi connectivity index (χ0n) is 7.66. The van der Waals surface area contributed by atoms with E-state index < -0.39 is 19.1 Å². The molecular weight excluding hydrogens is 219 g/mol. The summed E-state index contributed by atoms with van der Waals surface area (Å²) in [4.78, 5) is 28.5. The third-order valence-electron chi connectivity index (χ3n) is 1.54. The van der Waals surface area contributed by atoms with E-state index in [1.54, 1.807) is 18.2 Å². The van der Waals surface area contributed by atoms with E-state index in [0.29, 0.717) is 0 Å². The molecule has 0 bridgehead atoms. The van der Waals surface area contributed by atoms with Crippen LogP contribution in [0.15, 0.2) is 42.4 Å². The van der Waals surface area contributed by atoms with E-state index in [4.69, 9.17) is 9.79 Å². The average molecular weight is 228 g/mol. The molecule has 0 aromatic heterocycles. The molecular formula is C9H9O5P. The van der Waals surface area contributed by atoms with Crippen LogP contribution in [-0.4, -0.2) is 15.8 Å². The highest BCUT2D eigenvalue weighted by Crippen LogP contribution is 2.44. The minimum Gasteiger partial charge on any atom is -0.415 e. The molecule has 5 nitrogen and oxygen atoms in total. The van der Waals surface area contributed by atoms with Gasteiger partial charge in [0.2, 0.25) is 5.50 Å². The van der Waals surface area contributed by atoms with Gasteiger partial charge in [-0.1, -0.05) is 18.2 Å². The van der Waals surface area contributed by atoms with Crippen LogP contribution in [0.4, 0.5) is 0 Å². The Morgan fingerprint density at radius 3 is 2.27 bits per heavy atom. The zero-order chi connectivity index (χ0) is 11.5. The van der Waals surface area contributed by atoms with Gasteiger partial charge in [0, 0.05) is 0 Å². The van der Waals surface area contributed by atoms with E-state index in [1.165, 1.54) is 12.1 Å². The SMILES string of the molecule is C=C(OC(=O)c1ccccc1)P(=O)(O)O. The molecule has 0 heterocycles. The molecule has 0 aliphatic carbocycles. The first-order valence-electron chi connectivity index (χ1n) is 3.93. The van der Waals surface area contributed by atoms with Gasteiger partial charge < -0.3 is 14.5 Å². The molecule has 0 spiro atoms. The molecule has 0 saturated heterocycles. The average Bonchev–Trinajstić information content (AvgIpc) is 2.17. The Morgan fingerprint density at radius 1 is 1.27 bits per heavy atom. The summed E-state index contributed by atoms with van der Waals surface area (Å²) in [6.45, 7) is 2.99. The van der Waals surface area contributed by atoms with E-state index in [0.717, 1.165) is 0 Å². The van der Waals surface area contributed by atoms with Gasteiger partial charge in [-0.15, -0.1) is 0 Å². The summed E-state index contributed by atoms with van der Waals surface area (Å²) >= 11 is 0. The highest BCUT2D eigenvalue weighted by molar-refractivity contribution is 7.56. The fraction of sp³-hybridized carbons (Fsp3) is 0. The Labute approximate surface area is 86.2 Å². The van der Waals surface area contributed by atoms with Gasteiger partial charge in [0.25, 0.3) is 0 Å². The lowest BCUT2D eigenvalue weighted by Gasteiger charge is -2.07. The first kappa shape index (κ1) is 11.7. The van der Waals surface area contributed by atoms with E-state index in [2.05, 4.69) is 11.3 Å². The minimum absolute atomic E-state index is 0.201. The van der Waals surface area contributed by atoms with Crippen LogP contribution in [0.5, 0.6) is 0 Å². The summed E-state index contributed by atoms with van der Waals surface area (Å²) in [5, 5.41) is 0. The van der Waals surface area contributed by atoms with Gasteiger partial charge in [-0.2, -0.15) is 0 Å². The Bertz CT molecular complexity index is 419. The predicted octanol–water partition coefficient (Wildman–Crippen LogP) is 1.49. The number of esters is 1. The molecule has 0 aliphatic rings. The molecule has 0 radical (unpaired) electrons. The lowest BCUT2D eigenvalue weighted by atomic mass is 10.2. The van der Waals surface area contributed by atoms with Crippen LogP contribution in [-0.2, 0) is 9.30 Å². The Balaban J connectivity index is 2.74. The molecule has 15 heavy (non-hydrogen) atoms. The third-order valence-corrected chi connectivity index (χ3v) is 2.29. The molecule has 1 rings (SSSR count). The van der Waals surface area contributed by atoms with Crippen LogP contribution >= 0.6 is 7.60 Å². The van der Waals surface area contributed by atoms with Crippen LogP contribution in [0.1, 0.15) is 10.4 Å². The number of benzene rings is 1. The minimum atomic E-state index is -4.57. The van der Waals surface area contributed by atoms with E-state index in [-0.39, 0.29) is 5.56 Å². The van der Waals surface area contributed by atoms with Crippen molar-refractivity contribution >= 4 is 13.6 Å². The molecule has 80 valence electrons. The summed E-state index contributed by atoms with van der Waals surface area (Å²) in [5.41, 5.74) is -0.650. The summed E-state index contributed by atoms with van der Waals surface area (Å²) in [6.07, 6.45) is 0. The van der Waals surface area contributed by atoms with Crippen LogP contribution in [0, 0.1) is 0 Å². The number of hydrogen-bond acceptors (Lipinski definition) is 3. The van der Waals surface area contributed by atoms with Crippen molar-refractivity contribution in [2.45, 2.75) is 0 Å². The Morgan fingerprint density at radius 2 is 1.80 bits per heavy atom. The maximum absolute atomic E-state index is 11.3. The summed E-state index contributed by atoms with van der Waals surface area (Å²) in [7, 11) is -4.57. The summed E-state index contributed by atoms with van der Waals surface area (Å²) < 4.78 is 15.0. The van der Waals surface area contributed by atoms with Crippen LogP contribution in [0.2, 0.25) is 0 Å². The number of ether oxygens (including phenoxy) is 1. The Hall–Kier alpha value is -1.42. The van der Waals surface area contributed by atoms with Crippen molar-refractivity contribution in [1.29, 1.82) is 0 Å². The van der Waals surface area contributed by atoms with Gasteiger partial charge in [-0.05, 0) is 18.7 Å². The van der Waals surface area contributed by atoms with Crippen molar-refractivity contribution < 1.29 is 23.9 Å². The van der Waals surface area contributed by atoms with E-state index >= 15 is 0 Å². The van der Waals surface area contributed by atoms with Crippen molar-refractivity contribution in [2.24, 2.45) is 0 Å². The molecule has 1 aromatic rings. The number of carbonyl (C=O) groups excluding carboxylic acids is 1. The van der Waals surface area contributed by atoms with Crippen molar-refractivity contribution in [2.75, 3.05) is 0 Å². The highest BCUT2D eigenvalue weighted by Gasteiger charge is 2.23. The number of hydrogen-bond donors (Lipinski definition) is 2. The predicted molar refractivity (Wildman–Crippen MR) is 53.0 cm³/mol. The quantitative estimate of drug-likeness (QED) is 0.465. The lowest BCUT2D eigenvalue weighted by Crippen LogP contribution is -2.04. The lowest BCUT2D eigenvalue weighted by molar-refractivity contribution is 0.0638. The van der Waals surface area contributed by atoms with Crippen molar-refractivity contribution in [3.63, 3.8) is 0 Å². The summed E-state index contributed by atoms with van der Waals surface area (Å²) in [6, 6.07) is 7.85. The topological polar surface area (TPSA) is 83.8 Å². The Kier molecular flexibility index (Phi) is 3.42. The smallest absolute Gasteiger partial charge is 0.390 e. The van der Waals surface area contributed by atoms with E-state index in [1.807, 2.05) is 0 Å². The fourth-order valence-corrected chi connectivity index (χ4v) is 1.00. The first-order valence-corrected chi connectivity index (χ1v) is 5.55. The van der Waals surface area contributed by atoms with Gasteiger partial charge in [0.05, 0.1) is 5.56 Å². The van der Waals surface area contributed by atoms with Gasteiger partial charge in [-0.3, -0.25) is 4.57 Å². The van der Waals surface area contributed by atoms with Crippen molar-refractivity contribution in [3.05, 3.63) is 48.0 Å². The second-order valence-corrected chi connectivity index (χ2v) is 4.28. The zero-order valence-corrected chi connectivity index (χ0v) is 8.55. The molecule has 0 aliphatic heterocycles. The van der Waals surface area contributed by atoms with Gasteiger partial charge in [-0.25, -0.2) is 4.79 Å². The van der Waals surface area contributed by atoms with Gasteiger partial charge in [0.15, 0.2) is 0 Å². The number of carbonyl (C=O) groups is 1. The van der Waals surface area contributed by atoms with Gasteiger partial charge >= 0.3 is 13.6 Å². The normalized spacial score (nSPS) is 10.8. The molecule has 0 fully saturated rings.